The zero-order valence-electron chi connectivity index (χ0n) is 9.69. The summed E-state index contributed by atoms with van der Waals surface area (Å²) in [7, 11) is 0. The number of rotatable bonds is 3. The van der Waals surface area contributed by atoms with Gasteiger partial charge in [0.25, 0.3) is 0 Å². The minimum absolute atomic E-state index is 0.352. The van der Waals surface area contributed by atoms with E-state index < -0.39 is 5.91 Å². The number of nitrogens with two attached hydrogens (primary N) is 1. The summed E-state index contributed by atoms with van der Waals surface area (Å²) in [6.45, 7) is 2.49. The first-order valence-corrected chi connectivity index (χ1v) is 5.78. The van der Waals surface area contributed by atoms with Gasteiger partial charge in [0.15, 0.2) is 0 Å². The smallest absolute Gasteiger partial charge is 0.248 e. The molecule has 2 rings (SSSR count). The van der Waals surface area contributed by atoms with Crippen LogP contribution < -0.4 is 5.73 Å². The van der Waals surface area contributed by atoms with Crippen molar-refractivity contribution in [3.63, 3.8) is 0 Å². The number of hydrogen-bond donors (Lipinski definition) is 1. The molecule has 0 aliphatic carbocycles. The molecule has 1 aromatic rings. The van der Waals surface area contributed by atoms with E-state index in [-0.39, 0.29) is 0 Å². The summed E-state index contributed by atoms with van der Waals surface area (Å²) in [5.74, 6) is -0.0505. The van der Waals surface area contributed by atoms with Gasteiger partial charge < -0.3 is 5.73 Å². The van der Waals surface area contributed by atoms with Crippen LogP contribution in [0.15, 0.2) is 24.3 Å². The molecule has 0 radical (unpaired) electrons. The van der Waals surface area contributed by atoms with Crippen molar-refractivity contribution in [1.29, 1.82) is 0 Å². The van der Waals surface area contributed by atoms with Gasteiger partial charge in [-0.1, -0.05) is 12.1 Å². The van der Waals surface area contributed by atoms with Crippen molar-refractivity contribution >= 4 is 11.7 Å². The normalized spacial score (nSPS) is 17.1. The third kappa shape index (κ3) is 3.14. The first-order chi connectivity index (χ1) is 8.15. The van der Waals surface area contributed by atoms with Gasteiger partial charge in [-0.3, -0.25) is 14.5 Å². The van der Waals surface area contributed by atoms with Gasteiger partial charge >= 0.3 is 0 Å². The van der Waals surface area contributed by atoms with Crippen LogP contribution >= 0.6 is 0 Å². The minimum atomic E-state index is -0.403. The lowest BCUT2D eigenvalue weighted by molar-refractivity contribution is -0.121. The van der Waals surface area contributed by atoms with Crippen LogP contribution in [0.4, 0.5) is 0 Å². The summed E-state index contributed by atoms with van der Waals surface area (Å²) in [6.07, 6.45) is 1.30. The monoisotopic (exact) mass is 232 g/mol. The number of benzene rings is 1. The minimum Gasteiger partial charge on any atom is -0.366 e. The van der Waals surface area contributed by atoms with E-state index in [0.717, 1.165) is 25.2 Å². The van der Waals surface area contributed by atoms with Gasteiger partial charge in [0.2, 0.25) is 5.91 Å². The van der Waals surface area contributed by atoms with Crippen molar-refractivity contribution in [2.75, 3.05) is 13.1 Å². The van der Waals surface area contributed by atoms with E-state index in [9.17, 15) is 9.59 Å². The lowest BCUT2D eigenvalue weighted by Gasteiger charge is -2.25. The third-order valence-corrected chi connectivity index (χ3v) is 3.06. The second kappa shape index (κ2) is 5.10. The molecule has 0 aromatic heterocycles. The molecule has 1 amide bonds. The highest BCUT2D eigenvalue weighted by molar-refractivity contribution is 5.92. The fourth-order valence-corrected chi connectivity index (χ4v) is 1.99. The zero-order valence-corrected chi connectivity index (χ0v) is 9.69. The van der Waals surface area contributed by atoms with Crippen molar-refractivity contribution in [3.05, 3.63) is 35.4 Å². The highest BCUT2D eigenvalue weighted by atomic mass is 16.1. The first kappa shape index (κ1) is 11.8. The van der Waals surface area contributed by atoms with Crippen LogP contribution in [0.25, 0.3) is 0 Å². The summed E-state index contributed by atoms with van der Waals surface area (Å²) >= 11 is 0. The van der Waals surface area contributed by atoms with Gasteiger partial charge in [-0.05, 0) is 17.7 Å². The SMILES string of the molecule is NC(=O)c1ccc(CN2CCC(=O)CC2)cc1. The van der Waals surface area contributed by atoms with Gasteiger partial charge in [-0.25, -0.2) is 0 Å². The summed E-state index contributed by atoms with van der Waals surface area (Å²) in [6, 6.07) is 7.31. The topological polar surface area (TPSA) is 63.4 Å². The van der Waals surface area contributed by atoms with Crippen molar-refractivity contribution in [2.45, 2.75) is 19.4 Å². The Morgan fingerprint density at radius 2 is 1.76 bits per heavy atom. The number of carbonyl (C=O) groups is 2. The maximum absolute atomic E-state index is 11.1. The Bertz CT molecular complexity index is 416. The average Bonchev–Trinajstić information content (AvgIpc) is 2.33. The second-order valence-electron chi connectivity index (χ2n) is 4.38. The van der Waals surface area contributed by atoms with Crippen molar-refractivity contribution in [2.24, 2.45) is 5.73 Å². The van der Waals surface area contributed by atoms with E-state index in [1.165, 1.54) is 0 Å². The number of piperidine rings is 1. The predicted molar refractivity (Wildman–Crippen MR) is 64.5 cm³/mol. The molecule has 0 bridgehead atoms. The molecule has 0 spiro atoms. The third-order valence-electron chi connectivity index (χ3n) is 3.06. The Morgan fingerprint density at radius 1 is 1.18 bits per heavy atom. The van der Waals surface area contributed by atoms with Crippen LogP contribution in [0.3, 0.4) is 0 Å². The Balaban J connectivity index is 1.95. The molecule has 1 aliphatic heterocycles. The molecule has 0 atom stereocenters. The van der Waals surface area contributed by atoms with Crippen molar-refractivity contribution in [3.8, 4) is 0 Å². The van der Waals surface area contributed by atoms with E-state index in [4.69, 9.17) is 5.73 Å². The largest absolute Gasteiger partial charge is 0.366 e. The van der Waals surface area contributed by atoms with Crippen LogP contribution in [0.1, 0.15) is 28.8 Å². The van der Waals surface area contributed by atoms with Crippen LogP contribution in [-0.4, -0.2) is 29.7 Å². The van der Waals surface area contributed by atoms with Gasteiger partial charge in [0.05, 0.1) is 0 Å². The number of ketones is 1. The van der Waals surface area contributed by atoms with Crippen LogP contribution in [0.2, 0.25) is 0 Å². The van der Waals surface area contributed by atoms with Gasteiger partial charge in [-0.2, -0.15) is 0 Å². The van der Waals surface area contributed by atoms with Gasteiger partial charge in [-0.15, -0.1) is 0 Å². The quantitative estimate of drug-likeness (QED) is 0.844. The first-order valence-electron chi connectivity index (χ1n) is 5.78. The Hall–Kier alpha value is -1.68. The summed E-state index contributed by atoms with van der Waals surface area (Å²) in [5.41, 5.74) is 6.85. The number of likely N-dealkylation sites (tertiary alicyclic amines) is 1. The van der Waals surface area contributed by atoms with Crippen molar-refractivity contribution in [1.82, 2.24) is 4.90 Å². The summed E-state index contributed by atoms with van der Waals surface area (Å²) < 4.78 is 0. The summed E-state index contributed by atoms with van der Waals surface area (Å²) in [4.78, 5) is 24.3. The highest BCUT2D eigenvalue weighted by Gasteiger charge is 2.15. The average molecular weight is 232 g/mol. The van der Waals surface area contributed by atoms with E-state index >= 15 is 0 Å². The molecule has 1 saturated heterocycles. The Kier molecular flexibility index (Phi) is 3.54. The molecule has 0 unspecified atom stereocenters. The molecule has 1 fully saturated rings. The molecule has 1 heterocycles. The second-order valence-corrected chi connectivity index (χ2v) is 4.38. The van der Waals surface area contributed by atoms with Crippen LogP contribution in [-0.2, 0) is 11.3 Å². The predicted octanol–water partition coefficient (Wildman–Crippen LogP) is 0.950. The maximum Gasteiger partial charge on any atom is 0.248 e. The molecule has 17 heavy (non-hydrogen) atoms. The van der Waals surface area contributed by atoms with E-state index in [2.05, 4.69) is 4.90 Å². The number of amides is 1. The highest BCUT2D eigenvalue weighted by Crippen LogP contribution is 2.11. The molecule has 0 saturated carbocycles. The maximum atomic E-state index is 11.1. The van der Waals surface area contributed by atoms with Gasteiger partial charge in [0, 0.05) is 38.0 Å². The standard InChI is InChI=1S/C13H16N2O2/c14-13(17)11-3-1-10(2-4-11)9-15-7-5-12(16)6-8-15/h1-4H,5-9H2,(H2,14,17). The van der Waals surface area contributed by atoms with E-state index in [0.29, 0.717) is 24.2 Å². The van der Waals surface area contributed by atoms with Crippen molar-refractivity contribution < 1.29 is 9.59 Å². The fourth-order valence-electron chi connectivity index (χ4n) is 1.99. The molecule has 4 heteroatoms. The molecule has 2 N–H and O–H groups in total. The fraction of sp³-hybridized carbons (Fsp3) is 0.385. The van der Waals surface area contributed by atoms with Crippen LogP contribution in [0, 0.1) is 0 Å². The number of hydrogen-bond acceptors (Lipinski definition) is 3. The molecular formula is C13H16N2O2. The van der Waals surface area contributed by atoms with Crippen LogP contribution in [0.5, 0.6) is 0 Å². The number of carbonyl (C=O) groups excluding carboxylic acids is 2. The molecule has 4 nitrogen and oxygen atoms in total. The lowest BCUT2D eigenvalue weighted by atomic mass is 10.1. The Morgan fingerprint density at radius 3 is 2.29 bits per heavy atom. The summed E-state index contributed by atoms with van der Waals surface area (Å²) in [5, 5.41) is 0. The molecule has 90 valence electrons. The molecule has 1 aliphatic rings. The van der Waals surface area contributed by atoms with E-state index in [1.807, 2.05) is 12.1 Å². The number of nitrogens with zero attached hydrogens (tertiary/aromatic N) is 1. The van der Waals surface area contributed by atoms with E-state index in [1.54, 1.807) is 12.1 Å². The number of primary amides is 1. The number of Topliss-reactive ketones (excluding diaryl/α,β-unsaturated/α-hetero) is 1. The lowest BCUT2D eigenvalue weighted by Crippen LogP contribution is -2.33. The molecular weight excluding hydrogens is 216 g/mol. The Labute approximate surface area is 100 Å². The zero-order chi connectivity index (χ0) is 12.3. The molecule has 1 aromatic carbocycles. The van der Waals surface area contributed by atoms with Gasteiger partial charge in [0.1, 0.15) is 5.78 Å².